The van der Waals surface area contributed by atoms with Crippen molar-refractivity contribution in [2.45, 2.75) is 32.6 Å². The van der Waals surface area contributed by atoms with Gasteiger partial charge in [0.25, 0.3) is 0 Å². The van der Waals surface area contributed by atoms with Crippen LogP contribution in [0.1, 0.15) is 30.2 Å². The molecule has 0 bridgehead atoms. The van der Waals surface area contributed by atoms with Gasteiger partial charge in [-0.15, -0.1) is 11.3 Å². The van der Waals surface area contributed by atoms with Crippen molar-refractivity contribution >= 4 is 23.2 Å². The predicted octanol–water partition coefficient (Wildman–Crippen LogP) is 3.39. The zero-order chi connectivity index (χ0) is 21.3. The van der Waals surface area contributed by atoms with Crippen molar-refractivity contribution in [2.75, 3.05) is 39.9 Å². The van der Waals surface area contributed by atoms with E-state index in [-0.39, 0.29) is 11.8 Å². The van der Waals surface area contributed by atoms with Gasteiger partial charge in [-0.25, -0.2) is 0 Å². The van der Waals surface area contributed by atoms with E-state index in [1.807, 2.05) is 52.4 Å². The maximum Gasteiger partial charge on any atom is 0.227 e. The Hall–Kier alpha value is -2.54. The molecule has 2 amide bonds. The summed E-state index contributed by atoms with van der Waals surface area (Å²) in [6.45, 7) is 5.13. The van der Waals surface area contributed by atoms with Crippen molar-refractivity contribution in [1.82, 2.24) is 9.80 Å². The highest BCUT2D eigenvalue weighted by molar-refractivity contribution is 7.10. The number of methoxy groups -OCH3 is 1. The fourth-order valence-electron chi connectivity index (χ4n) is 3.64. The molecule has 30 heavy (non-hydrogen) atoms. The number of rotatable bonds is 8. The van der Waals surface area contributed by atoms with Gasteiger partial charge in [-0.05, 0) is 48.9 Å². The number of carbonyl (C=O) groups is 2. The first-order chi connectivity index (χ1) is 14.6. The number of thiophene rings is 1. The Morgan fingerprint density at radius 3 is 2.47 bits per heavy atom. The minimum Gasteiger partial charge on any atom is -0.493 e. The van der Waals surface area contributed by atoms with Crippen LogP contribution in [0, 0.1) is 0 Å². The number of amides is 2. The number of hydrogen-bond acceptors (Lipinski definition) is 5. The maximum atomic E-state index is 12.7. The molecule has 1 saturated heterocycles. The fraction of sp³-hybridized carbons (Fsp3) is 0.478. The molecule has 0 N–H and O–H groups in total. The van der Waals surface area contributed by atoms with Crippen LogP contribution in [0.4, 0.5) is 0 Å². The number of aryl methyl sites for hydroxylation is 1. The van der Waals surface area contributed by atoms with Crippen LogP contribution < -0.4 is 9.47 Å². The predicted molar refractivity (Wildman–Crippen MR) is 118 cm³/mol. The van der Waals surface area contributed by atoms with E-state index in [4.69, 9.17) is 9.47 Å². The molecule has 0 saturated carbocycles. The molecule has 1 fully saturated rings. The highest BCUT2D eigenvalue weighted by Crippen LogP contribution is 2.28. The zero-order valence-electron chi connectivity index (χ0n) is 17.8. The summed E-state index contributed by atoms with van der Waals surface area (Å²) in [4.78, 5) is 30.2. The summed E-state index contributed by atoms with van der Waals surface area (Å²) in [5.41, 5.74) is 1.05. The largest absolute Gasteiger partial charge is 0.493 e. The number of ether oxygens (including phenoxy) is 2. The number of carbonyl (C=O) groups excluding carboxylic acids is 2. The van der Waals surface area contributed by atoms with Crippen molar-refractivity contribution in [3.05, 3.63) is 46.2 Å². The Balaban J connectivity index is 1.49. The lowest BCUT2D eigenvalue weighted by atomic mass is 10.1. The molecule has 0 aliphatic carbocycles. The highest BCUT2D eigenvalue weighted by Gasteiger charge is 2.22. The standard InChI is InChI=1S/C23H30N2O4S/c1-3-29-20-9-7-18(16-21(20)28-2)8-10-22(26)24-11-5-12-25(14-13-24)23(27)17-19-6-4-15-30-19/h4,6-7,9,15-16H,3,5,8,10-14,17H2,1-2H3. The van der Waals surface area contributed by atoms with Crippen LogP contribution in [0.15, 0.2) is 35.7 Å². The van der Waals surface area contributed by atoms with E-state index in [1.165, 1.54) is 0 Å². The summed E-state index contributed by atoms with van der Waals surface area (Å²) in [5, 5.41) is 1.99. The second-order valence-corrected chi connectivity index (χ2v) is 8.32. The lowest BCUT2D eigenvalue weighted by Gasteiger charge is -2.22. The molecule has 6 nitrogen and oxygen atoms in total. The quantitative estimate of drug-likeness (QED) is 0.644. The van der Waals surface area contributed by atoms with Crippen LogP contribution >= 0.6 is 11.3 Å². The van der Waals surface area contributed by atoms with Gasteiger partial charge in [0.15, 0.2) is 11.5 Å². The maximum absolute atomic E-state index is 12.7. The van der Waals surface area contributed by atoms with Gasteiger partial charge < -0.3 is 19.3 Å². The van der Waals surface area contributed by atoms with Crippen molar-refractivity contribution in [3.63, 3.8) is 0 Å². The van der Waals surface area contributed by atoms with E-state index < -0.39 is 0 Å². The molecule has 2 aromatic rings. The average Bonchev–Trinajstić information content (AvgIpc) is 3.13. The van der Waals surface area contributed by atoms with Crippen molar-refractivity contribution < 1.29 is 19.1 Å². The lowest BCUT2D eigenvalue weighted by Crippen LogP contribution is -2.38. The van der Waals surface area contributed by atoms with E-state index >= 15 is 0 Å². The second-order valence-electron chi connectivity index (χ2n) is 7.29. The van der Waals surface area contributed by atoms with Gasteiger partial charge >= 0.3 is 0 Å². The highest BCUT2D eigenvalue weighted by atomic mass is 32.1. The van der Waals surface area contributed by atoms with Gasteiger partial charge in [0.1, 0.15) is 0 Å². The molecule has 1 aromatic carbocycles. The third-order valence-electron chi connectivity index (χ3n) is 5.26. The molecule has 7 heteroatoms. The van der Waals surface area contributed by atoms with Crippen LogP contribution in [0.2, 0.25) is 0 Å². The molecular formula is C23H30N2O4S. The summed E-state index contributed by atoms with van der Waals surface area (Å²) in [7, 11) is 1.62. The Morgan fingerprint density at radius 1 is 1.03 bits per heavy atom. The fourth-order valence-corrected chi connectivity index (χ4v) is 4.34. The lowest BCUT2D eigenvalue weighted by molar-refractivity contribution is -0.133. The van der Waals surface area contributed by atoms with E-state index in [9.17, 15) is 9.59 Å². The van der Waals surface area contributed by atoms with Crippen LogP contribution in [0.3, 0.4) is 0 Å². The number of hydrogen-bond donors (Lipinski definition) is 0. The van der Waals surface area contributed by atoms with Gasteiger partial charge in [0.05, 0.1) is 20.1 Å². The summed E-state index contributed by atoms with van der Waals surface area (Å²) < 4.78 is 10.9. The third kappa shape index (κ3) is 5.98. The second kappa shape index (κ2) is 11.0. The smallest absolute Gasteiger partial charge is 0.227 e. The summed E-state index contributed by atoms with van der Waals surface area (Å²) in [5.74, 6) is 1.69. The molecule has 1 aliphatic heterocycles. The van der Waals surface area contributed by atoms with Gasteiger partial charge in [-0.1, -0.05) is 12.1 Å². The molecule has 0 unspecified atom stereocenters. The minimum absolute atomic E-state index is 0.135. The number of nitrogens with zero attached hydrogens (tertiary/aromatic N) is 2. The SMILES string of the molecule is CCOc1ccc(CCC(=O)N2CCCN(C(=O)Cc3cccs3)CC2)cc1OC. The topological polar surface area (TPSA) is 59.1 Å². The van der Waals surface area contributed by atoms with Crippen LogP contribution in [-0.2, 0) is 22.4 Å². The third-order valence-corrected chi connectivity index (χ3v) is 6.14. The molecule has 162 valence electrons. The van der Waals surface area contributed by atoms with E-state index in [2.05, 4.69) is 0 Å². The Morgan fingerprint density at radius 2 is 1.80 bits per heavy atom. The van der Waals surface area contributed by atoms with Crippen molar-refractivity contribution in [3.8, 4) is 11.5 Å². The molecule has 0 radical (unpaired) electrons. The van der Waals surface area contributed by atoms with Gasteiger partial charge in [0.2, 0.25) is 11.8 Å². The van der Waals surface area contributed by atoms with Crippen LogP contribution in [0.25, 0.3) is 0 Å². The molecular weight excluding hydrogens is 400 g/mol. The van der Waals surface area contributed by atoms with Gasteiger partial charge in [-0.2, -0.15) is 0 Å². The minimum atomic E-state index is 0.135. The molecule has 1 aromatic heterocycles. The molecule has 2 heterocycles. The van der Waals surface area contributed by atoms with Gasteiger partial charge in [-0.3, -0.25) is 9.59 Å². The van der Waals surface area contributed by atoms with Crippen LogP contribution in [0.5, 0.6) is 11.5 Å². The average molecular weight is 431 g/mol. The number of benzene rings is 1. The first-order valence-corrected chi connectivity index (χ1v) is 11.4. The summed E-state index contributed by atoms with van der Waals surface area (Å²) in [6, 6.07) is 9.77. The summed E-state index contributed by atoms with van der Waals surface area (Å²) in [6.07, 6.45) is 2.36. The van der Waals surface area contributed by atoms with Crippen molar-refractivity contribution in [2.24, 2.45) is 0 Å². The normalized spacial score (nSPS) is 14.3. The molecule has 0 atom stereocenters. The molecule has 3 rings (SSSR count). The Bertz CT molecular complexity index is 838. The van der Waals surface area contributed by atoms with Gasteiger partial charge in [0, 0.05) is 37.5 Å². The Labute approximate surface area is 182 Å². The Kier molecular flexibility index (Phi) is 8.13. The first kappa shape index (κ1) is 22.2. The zero-order valence-corrected chi connectivity index (χ0v) is 18.6. The molecule has 0 spiro atoms. The molecule has 1 aliphatic rings. The first-order valence-electron chi connectivity index (χ1n) is 10.5. The summed E-state index contributed by atoms with van der Waals surface area (Å²) >= 11 is 1.61. The van der Waals surface area contributed by atoms with Crippen LogP contribution in [-0.4, -0.2) is 61.5 Å². The van der Waals surface area contributed by atoms with E-state index in [0.717, 1.165) is 22.6 Å². The van der Waals surface area contributed by atoms with E-state index in [1.54, 1.807) is 18.4 Å². The van der Waals surface area contributed by atoms with E-state index in [0.29, 0.717) is 57.8 Å². The monoisotopic (exact) mass is 430 g/mol. The van der Waals surface area contributed by atoms with Crippen molar-refractivity contribution in [1.29, 1.82) is 0 Å².